The van der Waals surface area contributed by atoms with Gasteiger partial charge in [0.05, 0.1) is 0 Å². The molecule has 1 aliphatic rings. The molecule has 1 fully saturated rings. The molecule has 1 aromatic carbocycles. The largest absolute Gasteiger partial charge is 0.314 e. The van der Waals surface area contributed by atoms with Gasteiger partial charge in [-0.1, -0.05) is 24.3 Å². The third kappa shape index (κ3) is 1.73. The first-order valence-electron chi connectivity index (χ1n) is 5.77. The molecule has 0 N–H and O–H groups in total. The minimum absolute atomic E-state index is 0.661. The molecule has 0 amide bonds. The van der Waals surface area contributed by atoms with E-state index in [2.05, 4.69) is 46.0 Å². The van der Waals surface area contributed by atoms with Crippen LogP contribution in [0, 0.1) is 6.92 Å². The molecule has 0 spiro atoms. The van der Waals surface area contributed by atoms with Crippen molar-refractivity contribution in [2.24, 2.45) is 0 Å². The molecule has 16 heavy (non-hydrogen) atoms. The van der Waals surface area contributed by atoms with Crippen molar-refractivity contribution in [1.29, 1.82) is 0 Å². The van der Waals surface area contributed by atoms with Crippen LogP contribution in [0.25, 0.3) is 0 Å². The van der Waals surface area contributed by atoms with Gasteiger partial charge in [-0.25, -0.2) is 0 Å². The highest BCUT2D eigenvalue weighted by Gasteiger charge is 2.25. The molecule has 0 atom stereocenters. The molecule has 1 aromatic heterocycles. The van der Waals surface area contributed by atoms with Gasteiger partial charge in [0.1, 0.15) is 12.2 Å². The Hall–Kier alpha value is -1.64. The lowest BCUT2D eigenvalue weighted by atomic mass is 10.1. The van der Waals surface area contributed by atoms with Gasteiger partial charge in [0.25, 0.3) is 0 Å². The van der Waals surface area contributed by atoms with Gasteiger partial charge < -0.3 is 4.57 Å². The first-order valence-corrected chi connectivity index (χ1v) is 5.77. The fourth-order valence-electron chi connectivity index (χ4n) is 2.03. The highest BCUT2D eigenvalue weighted by Crippen LogP contribution is 2.35. The van der Waals surface area contributed by atoms with E-state index in [0.29, 0.717) is 6.04 Å². The van der Waals surface area contributed by atoms with Gasteiger partial charge in [-0.3, -0.25) is 0 Å². The van der Waals surface area contributed by atoms with Crippen molar-refractivity contribution in [2.45, 2.75) is 32.2 Å². The molecule has 0 radical (unpaired) electrons. The predicted molar refractivity (Wildman–Crippen MR) is 62.3 cm³/mol. The van der Waals surface area contributed by atoms with Crippen LogP contribution in [0.2, 0.25) is 0 Å². The van der Waals surface area contributed by atoms with Crippen LogP contribution in [0.3, 0.4) is 0 Å². The molecule has 2 aromatic rings. The molecule has 1 heterocycles. The minimum Gasteiger partial charge on any atom is -0.314 e. The highest BCUT2D eigenvalue weighted by molar-refractivity contribution is 5.28. The lowest BCUT2D eigenvalue weighted by Crippen LogP contribution is -2.02. The molecule has 0 aliphatic heterocycles. The zero-order valence-corrected chi connectivity index (χ0v) is 9.43. The van der Waals surface area contributed by atoms with E-state index in [-0.39, 0.29) is 0 Å². The van der Waals surface area contributed by atoms with Crippen LogP contribution in [0.15, 0.2) is 30.6 Å². The molecule has 82 valence electrons. The highest BCUT2D eigenvalue weighted by atomic mass is 15.3. The number of aromatic nitrogens is 3. The fraction of sp³-hybridized carbons (Fsp3) is 0.385. The fourth-order valence-corrected chi connectivity index (χ4v) is 2.03. The van der Waals surface area contributed by atoms with E-state index in [4.69, 9.17) is 0 Å². The Morgan fingerprint density at radius 3 is 2.88 bits per heavy atom. The summed E-state index contributed by atoms with van der Waals surface area (Å²) in [5, 5.41) is 8.25. The summed E-state index contributed by atoms with van der Waals surface area (Å²) >= 11 is 0. The van der Waals surface area contributed by atoms with E-state index in [1.165, 1.54) is 24.0 Å². The number of benzene rings is 1. The maximum Gasteiger partial charge on any atom is 0.137 e. The zero-order valence-electron chi connectivity index (χ0n) is 9.43. The first-order chi connectivity index (χ1) is 7.84. The molecular weight excluding hydrogens is 198 g/mol. The van der Waals surface area contributed by atoms with Gasteiger partial charge in [0.2, 0.25) is 0 Å². The van der Waals surface area contributed by atoms with Gasteiger partial charge in [-0.2, -0.15) is 0 Å². The van der Waals surface area contributed by atoms with Crippen LogP contribution in [0.4, 0.5) is 0 Å². The van der Waals surface area contributed by atoms with Gasteiger partial charge in [0.15, 0.2) is 0 Å². The summed E-state index contributed by atoms with van der Waals surface area (Å²) in [5.41, 5.74) is 2.67. The van der Waals surface area contributed by atoms with Gasteiger partial charge in [0, 0.05) is 12.5 Å². The molecular formula is C13H15N3. The number of nitrogens with zero attached hydrogens (tertiary/aromatic N) is 3. The van der Waals surface area contributed by atoms with Gasteiger partial charge in [-0.05, 0) is 30.9 Å². The van der Waals surface area contributed by atoms with Gasteiger partial charge >= 0.3 is 0 Å². The van der Waals surface area contributed by atoms with E-state index in [1.807, 2.05) is 6.33 Å². The maximum atomic E-state index is 4.23. The van der Waals surface area contributed by atoms with Crippen molar-refractivity contribution < 1.29 is 0 Å². The number of hydrogen-bond donors (Lipinski definition) is 0. The van der Waals surface area contributed by atoms with Crippen LogP contribution in [0.5, 0.6) is 0 Å². The summed E-state index contributed by atoms with van der Waals surface area (Å²) in [6.45, 7) is 2.15. The van der Waals surface area contributed by atoms with Gasteiger partial charge in [-0.15, -0.1) is 10.2 Å². The Bertz CT molecular complexity index is 497. The summed E-state index contributed by atoms with van der Waals surface area (Å²) in [7, 11) is 0. The summed E-state index contributed by atoms with van der Waals surface area (Å²) in [6, 6.07) is 9.13. The monoisotopic (exact) mass is 213 g/mol. The molecule has 3 heteroatoms. The first kappa shape index (κ1) is 9.58. The standard InChI is InChI=1S/C13H15N3/c1-10-4-2-3-5-11(10)8-13-15-14-9-16(13)12-6-7-12/h2-5,9,12H,6-8H2,1H3. The average Bonchev–Trinajstić information content (AvgIpc) is 3.03. The van der Waals surface area contributed by atoms with Crippen LogP contribution in [0.1, 0.15) is 35.8 Å². The number of aryl methyl sites for hydroxylation is 1. The molecule has 0 unspecified atom stereocenters. The Morgan fingerprint density at radius 2 is 2.12 bits per heavy atom. The SMILES string of the molecule is Cc1ccccc1Cc1nncn1C1CC1. The normalized spacial score (nSPS) is 15.3. The lowest BCUT2D eigenvalue weighted by Gasteiger charge is -2.06. The third-order valence-electron chi connectivity index (χ3n) is 3.20. The Balaban J connectivity index is 1.88. The Kier molecular flexibility index (Phi) is 2.24. The van der Waals surface area contributed by atoms with E-state index < -0.39 is 0 Å². The van der Waals surface area contributed by atoms with Crippen molar-refractivity contribution in [3.05, 3.63) is 47.5 Å². The lowest BCUT2D eigenvalue weighted by molar-refractivity contribution is 0.693. The minimum atomic E-state index is 0.661. The Labute approximate surface area is 95.1 Å². The molecule has 3 nitrogen and oxygen atoms in total. The summed E-state index contributed by atoms with van der Waals surface area (Å²) < 4.78 is 2.23. The van der Waals surface area contributed by atoms with Crippen LogP contribution in [-0.4, -0.2) is 14.8 Å². The van der Waals surface area contributed by atoms with Crippen molar-refractivity contribution in [2.75, 3.05) is 0 Å². The van der Waals surface area contributed by atoms with E-state index in [0.717, 1.165) is 12.2 Å². The molecule has 1 saturated carbocycles. The molecule has 0 bridgehead atoms. The second-order valence-corrected chi connectivity index (χ2v) is 4.49. The summed E-state index contributed by atoms with van der Waals surface area (Å²) in [5.74, 6) is 1.09. The van der Waals surface area contributed by atoms with Crippen molar-refractivity contribution in [3.8, 4) is 0 Å². The zero-order chi connectivity index (χ0) is 11.0. The van der Waals surface area contributed by atoms with E-state index in [1.54, 1.807) is 0 Å². The topological polar surface area (TPSA) is 30.7 Å². The van der Waals surface area contributed by atoms with E-state index >= 15 is 0 Å². The van der Waals surface area contributed by atoms with Crippen LogP contribution in [-0.2, 0) is 6.42 Å². The molecule has 1 aliphatic carbocycles. The summed E-state index contributed by atoms with van der Waals surface area (Å²) in [6.07, 6.45) is 5.31. The molecule has 3 rings (SSSR count). The molecule has 0 saturated heterocycles. The number of hydrogen-bond acceptors (Lipinski definition) is 2. The van der Waals surface area contributed by atoms with Crippen LogP contribution < -0.4 is 0 Å². The maximum absolute atomic E-state index is 4.23. The van der Waals surface area contributed by atoms with E-state index in [9.17, 15) is 0 Å². The average molecular weight is 213 g/mol. The van der Waals surface area contributed by atoms with Crippen molar-refractivity contribution in [1.82, 2.24) is 14.8 Å². The van der Waals surface area contributed by atoms with Crippen molar-refractivity contribution >= 4 is 0 Å². The number of rotatable bonds is 3. The third-order valence-corrected chi connectivity index (χ3v) is 3.20. The van der Waals surface area contributed by atoms with Crippen LogP contribution >= 0.6 is 0 Å². The second kappa shape index (κ2) is 3.74. The predicted octanol–water partition coefficient (Wildman–Crippen LogP) is 2.51. The van der Waals surface area contributed by atoms with Crippen molar-refractivity contribution in [3.63, 3.8) is 0 Å². The Morgan fingerprint density at radius 1 is 1.31 bits per heavy atom. The smallest absolute Gasteiger partial charge is 0.137 e. The summed E-state index contributed by atoms with van der Waals surface area (Å²) in [4.78, 5) is 0. The quantitative estimate of drug-likeness (QED) is 0.784. The second-order valence-electron chi connectivity index (χ2n) is 4.49.